The number of aromatic nitrogens is 3. The summed E-state index contributed by atoms with van der Waals surface area (Å²) in [6.45, 7) is 10.8. The average Bonchev–Trinajstić information content (AvgIpc) is 3.41. The maximum atomic E-state index is 13.3. The molecule has 4 rings (SSSR count). The van der Waals surface area contributed by atoms with Crippen molar-refractivity contribution in [2.75, 3.05) is 5.32 Å². The van der Waals surface area contributed by atoms with E-state index in [1.807, 2.05) is 12.1 Å². The van der Waals surface area contributed by atoms with Crippen molar-refractivity contribution in [2.45, 2.75) is 78.2 Å². The zero-order chi connectivity index (χ0) is 31.7. The summed E-state index contributed by atoms with van der Waals surface area (Å²) < 4.78 is 12.3. The van der Waals surface area contributed by atoms with E-state index in [1.165, 1.54) is 4.90 Å². The number of hydrogen-bond acceptors (Lipinski definition) is 8. The number of nitrogens with zero attached hydrogens (tertiary/aromatic N) is 4. The van der Waals surface area contributed by atoms with Crippen LogP contribution in [0.15, 0.2) is 42.5 Å². The highest BCUT2D eigenvalue weighted by atomic mass is 16.6. The molecule has 1 unspecified atom stereocenters. The Morgan fingerprint density at radius 3 is 2.35 bits per heavy atom. The van der Waals surface area contributed by atoms with Gasteiger partial charge in [0.15, 0.2) is 0 Å². The van der Waals surface area contributed by atoms with Crippen LogP contribution < -0.4 is 11.1 Å². The highest BCUT2D eigenvalue weighted by Gasteiger charge is 2.36. The average molecular weight is 591 g/mol. The summed E-state index contributed by atoms with van der Waals surface area (Å²) in [5.74, 6) is -1.50. The van der Waals surface area contributed by atoms with Crippen molar-refractivity contribution in [1.29, 1.82) is 0 Å². The Morgan fingerprint density at radius 1 is 1.00 bits per heavy atom. The van der Waals surface area contributed by atoms with Crippen molar-refractivity contribution < 1.29 is 28.7 Å². The molecular formula is C31H38N6O6. The molecule has 2 heterocycles. The van der Waals surface area contributed by atoms with Crippen LogP contribution in [-0.4, -0.2) is 61.0 Å². The number of nitrogens with two attached hydrogens (primary N) is 1. The molecule has 1 atom stereocenters. The van der Waals surface area contributed by atoms with E-state index in [0.717, 1.165) is 5.56 Å². The van der Waals surface area contributed by atoms with Crippen LogP contribution >= 0.6 is 0 Å². The van der Waals surface area contributed by atoms with Crippen LogP contribution in [0.1, 0.15) is 70.3 Å². The number of rotatable bonds is 8. The van der Waals surface area contributed by atoms with E-state index >= 15 is 0 Å². The lowest BCUT2D eigenvalue weighted by Gasteiger charge is -2.25. The second kappa shape index (κ2) is 11.9. The van der Waals surface area contributed by atoms with Gasteiger partial charge in [0.25, 0.3) is 5.91 Å². The van der Waals surface area contributed by atoms with Gasteiger partial charge in [0, 0.05) is 42.4 Å². The SMILES string of the molecule is Cn1nnc(-c2ccc3c(c2)CN(C(CCC(=O)OC(C)(C)C)C(N)=O)C3=O)c1-c1cccc(NC(=O)OC(C)(C)C)c1. The van der Waals surface area contributed by atoms with Crippen LogP contribution in [0.25, 0.3) is 22.5 Å². The Hall–Kier alpha value is -4.74. The molecule has 12 nitrogen and oxygen atoms in total. The number of hydrogen-bond donors (Lipinski definition) is 2. The molecule has 3 aromatic rings. The van der Waals surface area contributed by atoms with Crippen LogP contribution in [-0.2, 0) is 32.7 Å². The molecule has 12 heteroatoms. The third-order valence-corrected chi connectivity index (χ3v) is 6.57. The van der Waals surface area contributed by atoms with Crippen molar-refractivity contribution in [1.82, 2.24) is 19.9 Å². The predicted molar refractivity (Wildman–Crippen MR) is 160 cm³/mol. The van der Waals surface area contributed by atoms with E-state index < -0.39 is 35.2 Å². The number of nitrogens with one attached hydrogen (secondary N) is 1. The molecule has 0 fully saturated rings. The second-order valence-electron chi connectivity index (χ2n) is 12.5. The van der Waals surface area contributed by atoms with Gasteiger partial charge in [-0.15, -0.1) is 5.10 Å². The van der Waals surface area contributed by atoms with Gasteiger partial charge in [0.2, 0.25) is 5.91 Å². The van der Waals surface area contributed by atoms with Crippen molar-refractivity contribution >= 4 is 29.6 Å². The second-order valence-corrected chi connectivity index (χ2v) is 12.5. The fourth-order valence-electron chi connectivity index (χ4n) is 4.88. The molecular weight excluding hydrogens is 552 g/mol. The number of esters is 1. The van der Waals surface area contributed by atoms with Crippen LogP contribution in [0.2, 0.25) is 0 Å². The van der Waals surface area contributed by atoms with Gasteiger partial charge in [0.1, 0.15) is 22.9 Å². The lowest BCUT2D eigenvalue weighted by molar-refractivity contribution is -0.155. The van der Waals surface area contributed by atoms with Crippen molar-refractivity contribution in [3.05, 3.63) is 53.6 Å². The molecule has 0 radical (unpaired) electrons. The number of primary amides is 1. The molecule has 0 spiro atoms. The first-order valence-corrected chi connectivity index (χ1v) is 14.0. The fraction of sp³-hybridized carbons (Fsp3) is 0.419. The highest BCUT2D eigenvalue weighted by Crippen LogP contribution is 2.35. The smallest absolute Gasteiger partial charge is 0.412 e. The van der Waals surface area contributed by atoms with E-state index in [1.54, 1.807) is 83.6 Å². The van der Waals surface area contributed by atoms with Gasteiger partial charge in [-0.1, -0.05) is 23.4 Å². The summed E-state index contributed by atoms with van der Waals surface area (Å²) >= 11 is 0. The Balaban J connectivity index is 1.57. The maximum Gasteiger partial charge on any atom is 0.412 e. The summed E-state index contributed by atoms with van der Waals surface area (Å²) in [6.07, 6.45) is -0.568. The molecule has 0 aliphatic carbocycles. The summed E-state index contributed by atoms with van der Waals surface area (Å²) in [7, 11) is 1.76. The van der Waals surface area contributed by atoms with E-state index in [2.05, 4.69) is 15.6 Å². The van der Waals surface area contributed by atoms with Crippen LogP contribution in [0, 0.1) is 0 Å². The van der Waals surface area contributed by atoms with E-state index in [4.69, 9.17) is 15.2 Å². The molecule has 1 aliphatic heterocycles. The van der Waals surface area contributed by atoms with Crippen LogP contribution in [0.5, 0.6) is 0 Å². The lowest BCUT2D eigenvalue weighted by Crippen LogP contribution is -2.45. The molecule has 1 aromatic heterocycles. The number of benzene rings is 2. The minimum Gasteiger partial charge on any atom is -0.460 e. The number of carbonyl (C=O) groups is 4. The molecule has 2 aromatic carbocycles. The Bertz CT molecular complexity index is 1570. The van der Waals surface area contributed by atoms with E-state index in [0.29, 0.717) is 33.8 Å². The predicted octanol–water partition coefficient (Wildman–Crippen LogP) is 4.43. The number of anilines is 1. The molecule has 1 aliphatic rings. The Labute approximate surface area is 250 Å². The molecule has 43 heavy (non-hydrogen) atoms. The minimum atomic E-state index is -0.969. The molecule has 0 saturated carbocycles. The Morgan fingerprint density at radius 2 is 1.70 bits per heavy atom. The summed E-state index contributed by atoms with van der Waals surface area (Å²) in [4.78, 5) is 51.6. The van der Waals surface area contributed by atoms with Gasteiger partial charge in [-0.05, 0) is 77.8 Å². The quantitative estimate of drug-likeness (QED) is 0.365. The fourth-order valence-corrected chi connectivity index (χ4v) is 4.88. The van der Waals surface area contributed by atoms with Gasteiger partial charge in [-0.25, -0.2) is 9.48 Å². The lowest BCUT2D eigenvalue weighted by atomic mass is 10.0. The van der Waals surface area contributed by atoms with Gasteiger partial charge in [0.05, 0.1) is 5.69 Å². The minimum absolute atomic E-state index is 0.0544. The molecule has 228 valence electrons. The van der Waals surface area contributed by atoms with Crippen molar-refractivity contribution in [3.8, 4) is 22.5 Å². The monoisotopic (exact) mass is 590 g/mol. The van der Waals surface area contributed by atoms with E-state index in [-0.39, 0.29) is 25.3 Å². The summed E-state index contributed by atoms with van der Waals surface area (Å²) in [5, 5.41) is 11.4. The van der Waals surface area contributed by atoms with E-state index in [9.17, 15) is 19.2 Å². The number of ether oxygens (including phenoxy) is 2. The number of carbonyl (C=O) groups excluding carboxylic acids is 4. The first-order valence-electron chi connectivity index (χ1n) is 14.0. The van der Waals surface area contributed by atoms with Gasteiger partial charge in [-0.3, -0.25) is 19.7 Å². The van der Waals surface area contributed by atoms with Gasteiger partial charge >= 0.3 is 12.1 Å². The van der Waals surface area contributed by atoms with Gasteiger partial charge < -0.3 is 20.1 Å². The first-order chi connectivity index (χ1) is 20.0. The molecule has 0 saturated heterocycles. The topological polar surface area (TPSA) is 159 Å². The number of fused-ring (bicyclic) bond motifs is 1. The number of aryl methyl sites for hydroxylation is 1. The van der Waals surface area contributed by atoms with Crippen molar-refractivity contribution in [2.24, 2.45) is 12.8 Å². The first kappa shape index (κ1) is 31.2. The summed E-state index contributed by atoms with van der Waals surface area (Å²) in [5.41, 5.74) is 8.79. The third kappa shape index (κ3) is 7.56. The maximum absolute atomic E-state index is 13.3. The van der Waals surface area contributed by atoms with Gasteiger partial charge in [-0.2, -0.15) is 0 Å². The van der Waals surface area contributed by atoms with Crippen molar-refractivity contribution in [3.63, 3.8) is 0 Å². The summed E-state index contributed by atoms with van der Waals surface area (Å²) in [6, 6.07) is 11.6. The molecule has 3 amide bonds. The zero-order valence-corrected chi connectivity index (χ0v) is 25.6. The molecule has 3 N–H and O–H groups in total. The largest absolute Gasteiger partial charge is 0.460 e. The van der Waals surface area contributed by atoms with Crippen LogP contribution in [0.3, 0.4) is 0 Å². The normalized spacial score (nSPS) is 13.8. The number of amides is 3. The Kier molecular flexibility index (Phi) is 8.61. The molecule has 0 bridgehead atoms. The highest BCUT2D eigenvalue weighted by molar-refractivity contribution is 6.01. The standard InChI is InChI=1S/C31H38N6O6/c1-30(2,3)42-24(38)14-13-23(27(32)39)37-17-20-15-18(11-12-22(20)28(37)40)25-26(36(7)35-34-25)19-9-8-10-21(16-19)33-29(41)43-31(4,5)6/h8-12,15-16,23H,13-14,17H2,1-7H3,(H2,32,39)(H,33,41). The zero-order valence-electron chi connectivity index (χ0n) is 25.6. The van der Waals surface area contributed by atoms with Crippen LogP contribution in [0.4, 0.5) is 10.5 Å². The third-order valence-electron chi connectivity index (χ3n) is 6.57.